The molecule has 0 unspecified atom stereocenters. The molecule has 4 rings (SSSR count). The van der Waals surface area contributed by atoms with Crippen molar-refractivity contribution in [1.82, 2.24) is 15.3 Å². The summed E-state index contributed by atoms with van der Waals surface area (Å²) >= 11 is 1.42. The minimum absolute atomic E-state index is 0.0772. The first-order valence-corrected chi connectivity index (χ1v) is 9.00. The quantitative estimate of drug-likeness (QED) is 0.567. The van der Waals surface area contributed by atoms with E-state index in [2.05, 4.69) is 21.4 Å². The number of H-pyrrole nitrogens is 1. The van der Waals surface area contributed by atoms with Gasteiger partial charge in [-0.15, -0.1) is 11.3 Å². The number of nitrogens with one attached hydrogen (secondary N) is 2. The van der Waals surface area contributed by atoms with Crippen molar-refractivity contribution in [2.45, 2.75) is 0 Å². The van der Waals surface area contributed by atoms with Gasteiger partial charge in [0.05, 0.1) is 12.0 Å². The van der Waals surface area contributed by atoms with Crippen LogP contribution in [-0.4, -0.2) is 30.0 Å². The topological polar surface area (TPSA) is 67.0 Å². The van der Waals surface area contributed by atoms with Crippen LogP contribution in [0.15, 0.2) is 54.2 Å². The number of benzene rings is 1. The number of nitrogens with zero attached hydrogens (tertiary/aromatic N) is 1. The molecular formula is C20H17N3O2S. The number of hydrogen-bond acceptors (Lipinski definition) is 4. The van der Waals surface area contributed by atoms with Gasteiger partial charge < -0.3 is 15.0 Å². The molecule has 26 heavy (non-hydrogen) atoms. The van der Waals surface area contributed by atoms with Crippen LogP contribution >= 0.6 is 11.3 Å². The fourth-order valence-electron chi connectivity index (χ4n) is 2.98. The lowest BCUT2D eigenvalue weighted by Crippen LogP contribution is -2.15. The number of aromatic amines is 1. The third-order valence-electron chi connectivity index (χ3n) is 4.31. The summed E-state index contributed by atoms with van der Waals surface area (Å²) < 4.78 is 5.50. The molecule has 1 aromatic carbocycles. The van der Waals surface area contributed by atoms with E-state index in [0.717, 1.165) is 39.0 Å². The van der Waals surface area contributed by atoms with Gasteiger partial charge in [0.1, 0.15) is 11.4 Å². The minimum Gasteiger partial charge on any atom is -0.496 e. The maximum absolute atomic E-state index is 11.8. The Morgan fingerprint density at radius 2 is 2.04 bits per heavy atom. The molecule has 0 atom stereocenters. The van der Waals surface area contributed by atoms with Crippen LogP contribution in [0, 0.1) is 0 Å². The number of amides is 1. The third kappa shape index (κ3) is 2.74. The zero-order chi connectivity index (χ0) is 18.1. The SMILES string of the molecule is CNC(=O)c1cc(-c2cnc3[nH]cc(-c4ccccc4OC)c3c2)cs1. The van der Waals surface area contributed by atoms with E-state index in [-0.39, 0.29) is 5.91 Å². The van der Waals surface area contributed by atoms with Gasteiger partial charge in [0.25, 0.3) is 5.91 Å². The number of fused-ring (bicyclic) bond motifs is 1. The number of ether oxygens (including phenoxy) is 1. The first-order valence-electron chi connectivity index (χ1n) is 8.12. The van der Waals surface area contributed by atoms with Crippen molar-refractivity contribution in [2.75, 3.05) is 14.2 Å². The fourth-order valence-corrected chi connectivity index (χ4v) is 3.84. The monoisotopic (exact) mass is 363 g/mol. The normalized spacial score (nSPS) is 10.8. The molecule has 1 amide bonds. The third-order valence-corrected chi connectivity index (χ3v) is 5.24. The highest BCUT2D eigenvalue weighted by Gasteiger charge is 2.14. The van der Waals surface area contributed by atoms with Crippen molar-refractivity contribution in [1.29, 1.82) is 0 Å². The molecule has 2 N–H and O–H groups in total. The van der Waals surface area contributed by atoms with Gasteiger partial charge in [0, 0.05) is 41.5 Å². The Hall–Kier alpha value is -3.12. The van der Waals surface area contributed by atoms with Gasteiger partial charge in [-0.05, 0) is 29.1 Å². The zero-order valence-corrected chi connectivity index (χ0v) is 15.2. The molecule has 0 fully saturated rings. The maximum atomic E-state index is 11.8. The van der Waals surface area contributed by atoms with Crippen LogP contribution in [0.25, 0.3) is 33.3 Å². The predicted octanol–water partition coefficient (Wildman–Crippen LogP) is 4.33. The van der Waals surface area contributed by atoms with Gasteiger partial charge in [0.2, 0.25) is 0 Å². The highest BCUT2D eigenvalue weighted by Crippen LogP contribution is 2.36. The average Bonchev–Trinajstić information content (AvgIpc) is 3.34. The Kier molecular flexibility index (Phi) is 4.18. The van der Waals surface area contributed by atoms with E-state index < -0.39 is 0 Å². The fraction of sp³-hybridized carbons (Fsp3) is 0.100. The molecule has 5 nitrogen and oxygen atoms in total. The Labute approximate surface area is 154 Å². The maximum Gasteiger partial charge on any atom is 0.261 e. The number of methoxy groups -OCH3 is 1. The first-order chi connectivity index (χ1) is 12.7. The average molecular weight is 363 g/mol. The van der Waals surface area contributed by atoms with E-state index >= 15 is 0 Å². The number of carbonyl (C=O) groups excluding carboxylic acids is 1. The second-order valence-corrected chi connectivity index (χ2v) is 6.71. The van der Waals surface area contributed by atoms with Crippen molar-refractivity contribution >= 4 is 28.3 Å². The second kappa shape index (κ2) is 6.65. The number of carbonyl (C=O) groups is 1. The summed E-state index contributed by atoms with van der Waals surface area (Å²) in [6, 6.07) is 11.9. The number of aromatic nitrogens is 2. The Morgan fingerprint density at radius 1 is 1.19 bits per heavy atom. The molecular weight excluding hydrogens is 346 g/mol. The lowest BCUT2D eigenvalue weighted by Gasteiger charge is -2.07. The van der Waals surface area contributed by atoms with Crippen LogP contribution in [0.1, 0.15) is 9.67 Å². The van der Waals surface area contributed by atoms with Crippen LogP contribution in [0.3, 0.4) is 0 Å². The molecule has 0 bridgehead atoms. The minimum atomic E-state index is -0.0772. The molecule has 0 aliphatic carbocycles. The van der Waals surface area contributed by atoms with Gasteiger partial charge >= 0.3 is 0 Å². The van der Waals surface area contributed by atoms with Gasteiger partial charge in [-0.25, -0.2) is 4.98 Å². The summed E-state index contributed by atoms with van der Waals surface area (Å²) in [6.45, 7) is 0. The van der Waals surface area contributed by atoms with Gasteiger partial charge in [-0.3, -0.25) is 4.79 Å². The summed E-state index contributed by atoms with van der Waals surface area (Å²) in [4.78, 5) is 20.2. The molecule has 0 saturated heterocycles. The van der Waals surface area contributed by atoms with Crippen molar-refractivity contribution in [2.24, 2.45) is 0 Å². The molecule has 0 radical (unpaired) electrons. The first kappa shape index (κ1) is 16.4. The highest BCUT2D eigenvalue weighted by atomic mass is 32.1. The zero-order valence-electron chi connectivity index (χ0n) is 14.4. The molecule has 0 aliphatic heterocycles. The molecule has 0 spiro atoms. The van der Waals surface area contributed by atoms with Crippen LogP contribution in [-0.2, 0) is 0 Å². The van der Waals surface area contributed by atoms with Gasteiger partial charge in [0.15, 0.2) is 0 Å². The highest BCUT2D eigenvalue weighted by molar-refractivity contribution is 7.12. The van der Waals surface area contributed by atoms with E-state index in [4.69, 9.17) is 4.74 Å². The van der Waals surface area contributed by atoms with Crippen molar-refractivity contribution < 1.29 is 9.53 Å². The predicted molar refractivity (Wildman–Crippen MR) is 105 cm³/mol. The van der Waals surface area contributed by atoms with Crippen molar-refractivity contribution in [3.63, 3.8) is 0 Å². The summed E-state index contributed by atoms with van der Waals surface area (Å²) in [5, 5.41) is 5.64. The lowest BCUT2D eigenvalue weighted by atomic mass is 10.0. The van der Waals surface area contributed by atoms with Crippen LogP contribution in [0.5, 0.6) is 5.75 Å². The Balaban J connectivity index is 1.82. The van der Waals surface area contributed by atoms with E-state index in [1.165, 1.54) is 11.3 Å². The number of para-hydroxylation sites is 1. The number of rotatable bonds is 4. The lowest BCUT2D eigenvalue weighted by molar-refractivity contribution is 0.0967. The molecule has 0 aliphatic rings. The van der Waals surface area contributed by atoms with E-state index in [0.29, 0.717) is 4.88 Å². The number of pyridine rings is 1. The molecule has 6 heteroatoms. The molecule has 0 saturated carbocycles. The summed E-state index contributed by atoms with van der Waals surface area (Å²) in [5.41, 5.74) is 4.82. The molecule has 4 aromatic rings. The van der Waals surface area contributed by atoms with Crippen LogP contribution in [0.2, 0.25) is 0 Å². The van der Waals surface area contributed by atoms with Crippen molar-refractivity contribution in [3.05, 3.63) is 59.0 Å². The molecule has 130 valence electrons. The summed E-state index contributed by atoms with van der Waals surface area (Å²) in [6.07, 6.45) is 3.77. The number of thiophene rings is 1. The van der Waals surface area contributed by atoms with Gasteiger partial charge in [-0.1, -0.05) is 18.2 Å². The van der Waals surface area contributed by atoms with E-state index in [9.17, 15) is 4.79 Å². The summed E-state index contributed by atoms with van der Waals surface area (Å²) in [7, 11) is 3.30. The molecule has 3 aromatic heterocycles. The smallest absolute Gasteiger partial charge is 0.261 e. The number of hydrogen-bond donors (Lipinski definition) is 2. The van der Waals surface area contributed by atoms with Crippen LogP contribution < -0.4 is 10.1 Å². The summed E-state index contributed by atoms with van der Waals surface area (Å²) in [5.74, 6) is 0.739. The standard InChI is InChI=1S/C20H17N3O2S/c1-21-20(24)18-8-13(11-26-18)12-7-15-16(10-23-19(15)22-9-12)14-5-3-4-6-17(14)25-2/h3-11H,1-2H3,(H,21,24)(H,22,23). The van der Waals surface area contributed by atoms with Crippen molar-refractivity contribution in [3.8, 4) is 28.0 Å². The van der Waals surface area contributed by atoms with E-state index in [1.54, 1.807) is 14.2 Å². The molecule has 3 heterocycles. The Morgan fingerprint density at radius 3 is 2.85 bits per heavy atom. The van der Waals surface area contributed by atoms with E-state index in [1.807, 2.05) is 48.1 Å². The Bertz CT molecular complexity index is 1100. The second-order valence-electron chi connectivity index (χ2n) is 5.80. The largest absolute Gasteiger partial charge is 0.496 e. The van der Waals surface area contributed by atoms with Crippen LogP contribution in [0.4, 0.5) is 0 Å². The van der Waals surface area contributed by atoms with Gasteiger partial charge in [-0.2, -0.15) is 0 Å².